The molecule has 0 spiro atoms. The minimum atomic E-state index is -0.315. The number of ether oxygens (including phenoxy) is 1. The van der Waals surface area contributed by atoms with Gasteiger partial charge in [0.1, 0.15) is 0 Å². The first-order valence-electron chi connectivity index (χ1n) is 3.87. The zero-order valence-corrected chi connectivity index (χ0v) is 8.45. The molecular weight excluding hydrogens is 204 g/mol. The van der Waals surface area contributed by atoms with Crippen LogP contribution in [0.25, 0.3) is 0 Å². The Kier molecular flexibility index (Phi) is 4.34. The van der Waals surface area contributed by atoms with E-state index >= 15 is 0 Å². The van der Waals surface area contributed by atoms with E-state index in [1.807, 2.05) is 0 Å². The van der Waals surface area contributed by atoms with Gasteiger partial charge < -0.3 is 9.84 Å². The predicted molar refractivity (Wildman–Crippen MR) is 50.7 cm³/mol. The first-order chi connectivity index (χ1) is 6.76. The summed E-state index contributed by atoms with van der Waals surface area (Å²) in [5.74, 6) is -0.126. The van der Waals surface area contributed by atoms with Gasteiger partial charge in [0.05, 0.1) is 19.5 Å². The monoisotopic (exact) mass is 214 g/mol. The first-order valence-corrected chi connectivity index (χ1v) is 4.86. The van der Waals surface area contributed by atoms with E-state index in [4.69, 9.17) is 5.11 Å². The number of methoxy groups -OCH3 is 1. The van der Waals surface area contributed by atoms with Crippen LogP contribution in [0.4, 0.5) is 0 Å². The van der Waals surface area contributed by atoms with Crippen LogP contribution >= 0.6 is 11.8 Å². The molecule has 1 rings (SSSR count). The number of carbonyl (C=O) groups excluding carboxylic acids is 1. The third-order valence-electron chi connectivity index (χ3n) is 1.41. The van der Waals surface area contributed by atoms with Gasteiger partial charge in [-0.2, -0.15) is 0 Å². The lowest BCUT2D eigenvalue weighted by Gasteiger charge is -1.99. The van der Waals surface area contributed by atoms with E-state index in [9.17, 15) is 4.79 Å². The minimum Gasteiger partial charge on any atom is -0.468 e. The van der Waals surface area contributed by atoms with Crippen LogP contribution in [-0.4, -0.2) is 33.9 Å². The van der Waals surface area contributed by atoms with Crippen molar-refractivity contribution in [3.8, 4) is 0 Å². The normalized spacial score (nSPS) is 9.86. The number of aliphatic hydroxyl groups excluding tert-OH is 1. The molecule has 0 aliphatic heterocycles. The summed E-state index contributed by atoms with van der Waals surface area (Å²) < 4.78 is 4.46. The summed E-state index contributed by atoms with van der Waals surface area (Å²) in [4.78, 5) is 18.6. The van der Waals surface area contributed by atoms with Crippen molar-refractivity contribution >= 4 is 17.7 Å². The molecule has 0 atom stereocenters. The fraction of sp³-hybridized carbons (Fsp3) is 0.375. The average molecular weight is 214 g/mol. The summed E-state index contributed by atoms with van der Waals surface area (Å²) in [6.45, 7) is -0.0814. The molecule has 1 aromatic heterocycles. The van der Waals surface area contributed by atoms with Crippen LogP contribution in [0.2, 0.25) is 0 Å². The van der Waals surface area contributed by atoms with Crippen molar-refractivity contribution in [2.45, 2.75) is 11.8 Å². The van der Waals surface area contributed by atoms with E-state index in [0.29, 0.717) is 10.7 Å². The number of nitrogens with zero attached hydrogens (tertiary/aromatic N) is 2. The number of aromatic nitrogens is 2. The molecule has 0 unspecified atom stereocenters. The van der Waals surface area contributed by atoms with Crippen molar-refractivity contribution in [3.05, 3.63) is 18.0 Å². The van der Waals surface area contributed by atoms with E-state index in [0.717, 1.165) is 0 Å². The van der Waals surface area contributed by atoms with Crippen LogP contribution in [0.1, 0.15) is 5.56 Å². The lowest BCUT2D eigenvalue weighted by molar-refractivity contribution is -0.137. The summed E-state index contributed by atoms with van der Waals surface area (Å²) >= 11 is 1.19. The lowest BCUT2D eigenvalue weighted by atomic mass is 10.4. The molecule has 0 saturated carbocycles. The highest BCUT2D eigenvalue weighted by atomic mass is 32.2. The van der Waals surface area contributed by atoms with Crippen LogP contribution in [0.3, 0.4) is 0 Å². The van der Waals surface area contributed by atoms with Gasteiger partial charge in [-0.3, -0.25) is 4.79 Å². The fourth-order valence-corrected chi connectivity index (χ4v) is 1.30. The third kappa shape index (κ3) is 3.31. The lowest BCUT2D eigenvalue weighted by Crippen LogP contribution is -2.03. The van der Waals surface area contributed by atoms with E-state index in [2.05, 4.69) is 14.7 Å². The molecule has 0 radical (unpaired) electrons. The van der Waals surface area contributed by atoms with Gasteiger partial charge in [0.15, 0.2) is 5.16 Å². The Balaban J connectivity index is 2.47. The van der Waals surface area contributed by atoms with Crippen molar-refractivity contribution in [2.75, 3.05) is 12.9 Å². The molecule has 1 N–H and O–H groups in total. The summed E-state index contributed by atoms with van der Waals surface area (Å²) in [6, 6.07) is 0. The molecule has 0 aliphatic carbocycles. The van der Waals surface area contributed by atoms with Crippen molar-refractivity contribution in [1.82, 2.24) is 9.97 Å². The number of rotatable bonds is 4. The second kappa shape index (κ2) is 5.56. The standard InChI is InChI=1S/C8H10N2O3S/c1-13-7(12)5-14-8-9-2-6(4-11)3-10-8/h2-3,11H,4-5H2,1H3. The van der Waals surface area contributed by atoms with Crippen LogP contribution in [0, 0.1) is 0 Å². The Morgan fingerprint density at radius 3 is 2.71 bits per heavy atom. The molecule has 0 amide bonds. The Morgan fingerprint density at radius 2 is 2.21 bits per heavy atom. The van der Waals surface area contributed by atoms with Gasteiger partial charge in [-0.15, -0.1) is 0 Å². The van der Waals surface area contributed by atoms with Gasteiger partial charge in [-0.05, 0) is 0 Å². The maximum Gasteiger partial charge on any atom is 0.316 e. The highest BCUT2D eigenvalue weighted by Crippen LogP contribution is 2.11. The second-order valence-corrected chi connectivity index (χ2v) is 3.34. The van der Waals surface area contributed by atoms with E-state index in [1.54, 1.807) is 0 Å². The Bertz CT molecular complexity index is 302. The molecule has 1 aromatic rings. The highest BCUT2D eigenvalue weighted by molar-refractivity contribution is 7.99. The number of hydrogen-bond acceptors (Lipinski definition) is 6. The van der Waals surface area contributed by atoms with Crippen LogP contribution in [0.5, 0.6) is 0 Å². The summed E-state index contributed by atoms with van der Waals surface area (Å²) in [6.07, 6.45) is 3.04. The molecule has 0 fully saturated rings. The van der Waals surface area contributed by atoms with Gasteiger partial charge in [0.25, 0.3) is 0 Å². The quantitative estimate of drug-likeness (QED) is 0.439. The average Bonchev–Trinajstić information content (AvgIpc) is 2.26. The molecule has 5 nitrogen and oxygen atoms in total. The topological polar surface area (TPSA) is 72.3 Å². The third-order valence-corrected chi connectivity index (χ3v) is 2.26. The highest BCUT2D eigenvalue weighted by Gasteiger charge is 2.03. The smallest absolute Gasteiger partial charge is 0.316 e. The van der Waals surface area contributed by atoms with Crippen LogP contribution in [-0.2, 0) is 16.1 Å². The molecular formula is C8H10N2O3S. The van der Waals surface area contributed by atoms with Crippen LogP contribution in [0.15, 0.2) is 17.6 Å². The summed E-state index contributed by atoms with van der Waals surface area (Å²) in [7, 11) is 1.33. The summed E-state index contributed by atoms with van der Waals surface area (Å²) in [5, 5.41) is 9.22. The Morgan fingerprint density at radius 1 is 1.57 bits per heavy atom. The second-order valence-electron chi connectivity index (χ2n) is 2.40. The minimum absolute atomic E-state index is 0.0814. The van der Waals surface area contributed by atoms with Gasteiger partial charge in [-0.1, -0.05) is 11.8 Å². The predicted octanol–water partition coefficient (Wildman–Crippen LogP) is 0.234. The number of thioether (sulfide) groups is 1. The molecule has 1 heterocycles. The van der Waals surface area contributed by atoms with E-state index in [1.165, 1.54) is 31.3 Å². The van der Waals surface area contributed by atoms with Crippen LogP contribution < -0.4 is 0 Å². The van der Waals surface area contributed by atoms with Gasteiger partial charge >= 0.3 is 5.97 Å². The molecule has 0 aromatic carbocycles. The fourth-order valence-electron chi connectivity index (χ4n) is 0.682. The Hall–Kier alpha value is -1.14. The molecule has 0 saturated heterocycles. The molecule has 76 valence electrons. The number of carbonyl (C=O) groups is 1. The molecule has 0 bridgehead atoms. The van der Waals surface area contributed by atoms with E-state index in [-0.39, 0.29) is 18.3 Å². The number of aliphatic hydroxyl groups is 1. The van der Waals surface area contributed by atoms with Gasteiger partial charge in [0.2, 0.25) is 0 Å². The zero-order valence-electron chi connectivity index (χ0n) is 7.64. The van der Waals surface area contributed by atoms with Gasteiger partial charge in [0, 0.05) is 18.0 Å². The molecule has 6 heteroatoms. The number of esters is 1. The summed E-state index contributed by atoms with van der Waals surface area (Å²) in [5.41, 5.74) is 0.646. The Labute approximate surface area is 85.5 Å². The maximum absolute atomic E-state index is 10.8. The van der Waals surface area contributed by atoms with Crippen molar-refractivity contribution in [3.63, 3.8) is 0 Å². The molecule has 0 aliphatic rings. The van der Waals surface area contributed by atoms with E-state index < -0.39 is 0 Å². The van der Waals surface area contributed by atoms with Crippen molar-refractivity contribution in [2.24, 2.45) is 0 Å². The maximum atomic E-state index is 10.8. The van der Waals surface area contributed by atoms with Crippen molar-refractivity contribution in [1.29, 1.82) is 0 Å². The largest absolute Gasteiger partial charge is 0.468 e. The SMILES string of the molecule is COC(=O)CSc1ncc(CO)cn1. The first kappa shape index (κ1) is 10.9. The zero-order chi connectivity index (χ0) is 10.4. The number of hydrogen-bond donors (Lipinski definition) is 1. The van der Waals surface area contributed by atoms with Gasteiger partial charge in [-0.25, -0.2) is 9.97 Å². The van der Waals surface area contributed by atoms with Crippen molar-refractivity contribution < 1.29 is 14.6 Å². The molecule has 14 heavy (non-hydrogen) atoms.